The van der Waals surface area contributed by atoms with Crippen molar-refractivity contribution in [2.24, 2.45) is 0 Å². The minimum Gasteiger partial charge on any atom is -0.390 e. The maximum absolute atomic E-state index is 13.2. The summed E-state index contributed by atoms with van der Waals surface area (Å²) in [6.07, 6.45) is 2.70. The Morgan fingerprint density at radius 1 is 1.42 bits per heavy atom. The molecule has 1 heterocycles. The first-order chi connectivity index (χ1) is 11.1. The van der Waals surface area contributed by atoms with Gasteiger partial charge in [-0.1, -0.05) is 0 Å². The zero-order chi connectivity index (χ0) is 17.7. The van der Waals surface area contributed by atoms with Gasteiger partial charge in [0.25, 0.3) is 0 Å². The van der Waals surface area contributed by atoms with Crippen LogP contribution in [0.3, 0.4) is 0 Å². The average Bonchev–Trinajstić information content (AvgIpc) is 2.60. The quantitative estimate of drug-likeness (QED) is 0.861. The second-order valence-electron chi connectivity index (χ2n) is 7.89. The Bertz CT molecular complexity index is 637. The minimum atomic E-state index is -2.60. The highest BCUT2D eigenvalue weighted by molar-refractivity contribution is 5.91. The summed E-state index contributed by atoms with van der Waals surface area (Å²) in [5.74, 6) is -2.54. The fourth-order valence-electron chi connectivity index (χ4n) is 3.39. The van der Waals surface area contributed by atoms with E-state index in [-0.39, 0.29) is 37.1 Å². The number of aromatic nitrogens is 2. The number of aliphatic hydroxyl groups is 1. The molecule has 0 radical (unpaired) electrons. The van der Waals surface area contributed by atoms with E-state index in [1.54, 1.807) is 18.5 Å². The van der Waals surface area contributed by atoms with Crippen LogP contribution in [0.15, 0.2) is 0 Å². The number of halogens is 2. The van der Waals surface area contributed by atoms with Crippen molar-refractivity contribution in [2.75, 3.05) is 5.32 Å². The smallest absolute Gasteiger partial charge is 0.249 e. The highest BCUT2D eigenvalue weighted by Gasteiger charge is 2.48. The zero-order valence-corrected chi connectivity index (χ0v) is 14.4. The van der Waals surface area contributed by atoms with E-state index in [0.29, 0.717) is 11.5 Å². The fourth-order valence-corrected chi connectivity index (χ4v) is 3.39. The Hall–Kier alpha value is -1.50. The van der Waals surface area contributed by atoms with E-state index in [4.69, 9.17) is 0 Å². The SMILES string of the molecule is Cc1c(C2CC(F)(F)C2)nn(C2CCC2)c1NC(=O)CC(C)(C)O. The lowest BCUT2D eigenvalue weighted by Gasteiger charge is -2.34. The van der Waals surface area contributed by atoms with Gasteiger partial charge in [0.2, 0.25) is 11.8 Å². The summed E-state index contributed by atoms with van der Waals surface area (Å²) in [5.41, 5.74) is 0.343. The normalized spacial score (nSPS) is 21.2. The second-order valence-corrected chi connectivity index (χ2v) is 7.89. The van der Waals surface area contributed by atoms with Gasteiger partial charge in [-0.25, -0.2) is 13.5 Å². The third-order valence-electron chi connectivity index (χ3n) is 4.93. The summed E-state index contributed by atoms with van der Waals surface area (Å²) in [6, 6.07) is 0.218. The van der Waals surface area contributed by atoms with Gasteiger partial charge < -0.3 is 10.4 Å². The molecular weight excluding hydrogens is 316 g/mol. The minimum absolute atomic E-state index is 0.0287. The Kier molecular flexibility index (Phi) is 4.18. The monoisotopic (exact) mass is 341 g/mol. The van der Waals surface area contributed by atoms with E-state index in [2.05, 4.69) is 10.4 Å². The zero-order valence-electron chi connectivity index (χ0n) is 14.4. The summed E-state index contributed by atoms with van der Waals surface area (Å²) in [5, 5.41) is 17.2. The third kappa shape index (κ3) is 3.45. The number of hydrogen-bond donors (Lipinski definition) is 2. The molecule has 134 valence electrons. The Morgan fingerprint density at radius 3 is 2.50 bits per heavy atom. The van der Waals surface area contributed by atoms with E-state index in [9.17, 15) is 18.7 Å². The van der Waals surface area contributed by atoms with Crippen LogP contribution < -0.4 is 5.32 Å². The van der Waals surface area contributed by atoms with Gasteiger partial charge in [0, 0.05) is 24.3 Å². The summed E-state index contributed by atoms with van der Waals surface area (Å²) in [4.78, 5) is 12.2. The number of carbonyl (C=O) groups is 1. The Labute approximate surface area is 140 Å². The number of nitrogens with zero attached hydrogens (tertiary/aromatic N) is 2. The third-order valence-corrected chi connectivity index (χ3v) is 4.93. The van der Waals surface area contributed by atoms with Gasteiger partial charge in [-0.05, 0) is 40.0 Å². The molecule has 0 aromatic carbocycles. The van der Waals surface area contributed by atoms with E-state index in [1.165, 1.54) is 0 Å². The van der Waals surface area contributed by atoms with Crippen LogP contribution in [0.2, 0.25) is 0 Å². The number of alkyl halides is 2. The fraction of sp³-hybridized carbons (Fsp3) is 0.765. The molecular formula is C17H25F2N3O2. The lowest BCUT2D eigenvalue weighted by Crippen LogP contribution is -2.34. The number of hydrogen-bond acceptors (Lipinski definition) is 3. The largest absolute Gasteiger partial charge is 0.390 e. The maximum atomic E-state index is 13.2. The average molecular weight is 341 g/mol. The highest BCUT2D eigenvalue weighted by atomic mass is 19.3. The first-order valence-corrected chi connectivity index (χ1v) is 8.55. The van der Waals surface area contributed by atoms with Gasteiger partial charge in [0.15, 0.2) is 0 Å². The molecule has 0 spiro atoms. The number of nitrogens with one attached hydrogen (secondary N) is 1. The number of amides is 1. The molecule has 24 heavy (non-hydrogen) atoms. The van der Waals surface area contributed by atoms with Crippen LogP contribution in [0.4, 0.5) is 14.6 Å². The van der Waals surface area contributed by atoms with Gasteiger partial charge in [0.05, 0.1) is 23.8 Å². The van der Waals surface area contributed by atoms with Crippen molar-refractivity contribution in [2.45, 2.75) is 82.8 Å². The molecule has 0 aliphatic heterocycles. The van der Waals surface area contributed by atoms with Crippen LogP contribution in [0.5, 0.6) is 0 Å². The van der Waals surface area contributed by atoms with Crippen molar-refractivity contribution < 1.29 is 18.7 Å². The van der Waals surface area contributed by atoms with E-state index < -0.39 is 11.5 Å². The van der Waals surface area contributed by atoms with Crippen LogP contribution in [-0.4, -0.2) is 32.3 Å². The van der Waals surface area contributed by atoms with Crippen molar-refractivity contribution >= 4 is 11.7 Å². The molecule has 0 unspecified atom stereocenters. The molecule has 2 aliphatic rings. The summed E-state index contributed by atoms with van der Waals surface area (Å²) in [6.45, 7) is 4.97. The number of carbonyl (C=O) groups excluding carboxylic acids is 1. The first kappa shape index (κ1) is 17.3. The first-order valence-electron chi connectivity index (χ1n) is 8.55. The molecule has 1 amide bonds. The summed E-state index contributed by atoms with van der Waals surface area (Å²) in [7, 11) is 0. The van der Waals surface area contributed by atoms with Crippen molar-refractivity contribution in [3.63, 3.8) is 0 Å². The van der Waals surface area contributed by atoms with E-state index >= 15 is 0 Å². The van der Waals surface area contributed by atoms with Crippen LogP contribution in [0, 0.1) is 6.92 Å². The highest BCUT2D eigenvalue weighted by Crippen LogP contribution is 2.50. The maximum Gasteiger partial charge on any atom is 0.249 e. The van der Waals surface area contributed by atoms with Crippen molar-refractivity contribution in [1.29, 1.82) is 0 Å². The molecule has 2 N–H and O–H groups in total. The van der Waals surface area contributed by atoms with Crippen LogP contribution >= 0.6 is 0 Å². The standard InChI is InChI=1S/C17H25F2N3O2/c1-10-14(11-7-17(18,19)8-11)21-22(12-5-4-6-12)15(10)20-13(23)9-16(2,3)24/h11-12,24H,4-9H2,1-3H3,(H,20,23). The predicted octanol–water partition coefficient (Wildman–Crippen LogP) is 3.53. The second kappa shape index (κ2) is 5.79. The molecule has 2 fully saturated rings. The lowest BCUT2D eigenvalue weighted by molar-refractivity contribution is -0.119. The van der Waals surface area contributed by atoms with Crippen LogP contribution in [0.1, 0.15) is 75.6 Å². The van der Waals surface area contributed by atoms with Gasteiger partial charge in [-0.15, -0.1) is 0 Å². The molecule has 1 aromatic rings. The molecule has 5 nitrogen and oxygen atoms in total. The molecule has 1 aromatic heterocycles. The lowest BCUT2D eigenvalue weighted by atomic mass is 9.78. The Morgan fingerprint density at radius 2 is 2.04 bits per heavy atom. The van der Waals surface area contributed by atoms with Crippen LogP contribution in [-0.2, 0) is 4.79 Å². The number of rotatable bonds is 5. The van der Waals surface area contributed by atoms with Gasteiger partial charge >= 0.3 is 0 Å². The topological polar surface area (TPSA) is 67.2 Å². The van der Waals surface area contributed by atoms with Gasteiger partial charge in [-0.2, -0.15) is 5.10 Å². The summed E-state index contributed by atoms with van der Waals surface area (Å²) >= 11 is 0. The predicted molar refractivity (Wildman–Crippen MR) is 86.3 cm³/mol. The molecule has 0 saturated heterocycles. The van der Waals surface area contributed by atoms with Crippen LogP contribution in [0.25, 0.3) is 0 Å². The molecule has 3 rings (SSSR count). The van der Waals surface area contributed by atoms with Crippen molar-refractivity contribution in [1.82, 2.24) is 9.78 Å². The van der Waals surface area contributed by atoms with E-state index in [1.807, 2.05) is 6.92 Å². The number of anilines is 1. The van der Waals surface area contributed by atoms with Gasteiger partial charge in [-0.3, -0.25) is 4.79 Å². The van der Waals surface area contributed by atoms with Crippen molar-refractivity contribution in [3.05, 3.63) is 11.3 Å². The Balaban J connectivity index is 1.83. The molecule has 7 heteroatoms. The molecule has 2 aliphatic carbocycles. The van der Waals surface area contributed by atoms with E-state index in [0.717, 1.165) is 24.8 Å². The molecule has 0 bridgehead atoms. The molecule has 2 saturated carbocycles. The van der Waals surface area contributed by atoms with Crippen molar-refractivity contribution in [3.8, 4) is 0 Å². The molecule has 0 atom stereocenters. The summed E-state index contributed by atoms with van der Waals surface area (Å²) < 4.78 is 28.2. The van der Waals surface area contributed by atoms with Gasteiger partial charge in [0.1, 0.15) is 5.82 Å².